The number of halogens is 1. The molecular weight excluding hydrogens is 298 g/mol. The van der Waals surface area contributed by atoms with Crippen LogP contribution in [0.2, 0.25) is 5.02 Å². The van der Waals surface area contributed by atoms with Gasteiger partial charge in [0.2, 0.25) is 0 Å². The summed E-state index contributed by atoms with van der Waals surface area (Å²) in [5.74, 6) is 0. The van der Waals surface area contributed by atoms with Crippen LogP contribution in [0, 0.1) is 0 Å². The Morgan fingerprint density at radius 3 is 2.55 bits per heavy atom. The Balaban J connectivity index is 2.45. The van der Waals surface area contributed by atoms with Crippen LogP contribution in [0.25, 0.3) is 0 Å². The molecule has 20 heavy (non-hydrogen) atoms. The highest BCUT2D eigenvalue weighted by Gasteiger charge is 2.22. The second-order valence-corrected chi connectivity index (χ2v) is 7.37. The molecule has 1 aromatic rings. The molecule has 0 aromatic heterocycles. The van der Waals surface area contributed by atoms with Crippen molar-refractivity contribution in [3.63, 3.8) is 0 Å². The first-order valence-electron chi connectivity index (χ1n) is 6.76. The smallest absolute Gasteiger partial charge is 0.182 e. The minimum atomic E-state index is -3.31. The van der Waals surface area contributed by atoms with E-state index >= 15 is 0 Å². The Bertz CT molecular complexity index is 488. The molecule has 0 radical (unpaired) electrons. The molecule has 0 fully saturated rings. The highest BCUT2D eigenvalue weighted by Crippen LogP contribution is 2.18. The lowest BCUT2D eigenvalue weighted by atomic mass is 10.4. The fourth-order valence-electron chi connectivity index (χ4n) is 1.72. The zero-order valence-electron chi connectivity index (χ0n) is 11.9. The van der Waals surface area contributed by atoms with E-state index in [0.29, 0.717) is 29.7 Å². The summed E-state index contributed by atoms with van der Waals surface area (Å²) in [5, 5.41) is 3.20. The van der Waals surface area contributed by atoms with Crippen LogP contribution in [0.1, 0.15) is 20.3 Å². The van der Waals surface area contributed by atoms with Gasteiger partial charge in [0.15, 0.2) is 9.84 Å². The molecule has 0 spiro atoms. The van der Waals surface area contributed by atoms with Gasteiger partial charge in [-0.25, -0.2) is 8.42 Å². The van der Waals surface area contributed by atoms with Crippen LogP contribution in [0.3, 0.4) is 0 Å². The van der Waals surface area contributed by atoms with Gasteiger partial charge in [-0.1, -0.05) is 11.6 Å². The number of nitrogens with one attached hydrogen (secondary N) is 1. The molecular formula is C14H22ClNO3S. The van der Waals surface area contributed by atoms with Gasteiger partial charge in [-0.05, 0) is 51.1 Å². The first kappa shape index (κ1) is 17.4. The highest BCUT2D eigenvalue weighted by molar-refractivity contribution is 7.92. The molecule has 1 rings (SSSR count). The van der Waals surface area contributed by atoms with Crippen molar-refractivity contribution in [2.24, 2.45) is 0 Å². The van der Waals surface area contributed by atoms with Gasteiger partial charge in [-0.15, -0.1) is 0 Å². The fraction of sp³-hybridized carbons (Fsp3) is 0.571. The van der Waals surface area contributed by atoms with Crippen molar-refractivity contribution in [2.45, 2.75) is 30.4 Å². The summed E-state index contributed by atoms with van der Waals surface area (Å²) < 4.78 is 29.8. The Labute approximate surface area is 126 Å². The van der Waals surface area contributed by atoms with E-state index in [1.54, 1.807) is 31.2 Å². The molecule has 0 bridgehead atoms. The molecule has 1 atom stereocenters. The normalized spacial score (nSPS) is 13.3. The minimum absolute atomic E-state index is 0.311. The third-order valence-corrected chi connectivity index (χ3v) is 5.36. The van der Waals surface area contributed by atoms with E-state index in [4.69, 9.17) is 16.3 Å². The van der Waals surface area contributed by atoms with E-state index < -0.39 is 15.1 Å². The number of ether oxygens (including phenoxy) is 1. The quantitative estimate of drug-likeness (QED) is 0.711. The predicted molar refractivity (Wildman–Crippen MR) is 82.1 cm³/mol. The largest absolute Gasteiger partial charge is 0.382 e. The molecule has 0 aliphatic rings. The van der Waals surface area contributed by atoms with E-state index in [2.05, 4.69) is 5.32 Å². The zero-order valence-corrected chi connectivity index (χ0v) is 13.5. The van der Waals surface area contributed by atoms with Crippen LogP contribution in [-0.4, -0.2) is 40.0 Å². The van der Waals surface area contributed by atoms with E-state index in [1.165, 1.54) is 0 Å². The molecule has 0 aliphatic heterocycles. The third kappa shape index (κ3) is 5.40. The van der Waals surface area contributed by atoms with Crippen LogP contribution in [0.15, 0.2) is 29.2 Å². The van der Waals surface area contributed by atoms with Crippen LogP contribution in [0.5, 0.6) is 0 Å². The molecule has 0 saturated carbocycles. The number of hydrogen-bond acceptors (Lipinski definition) is 4. The van der Waals surface area contributed by atoms with Crippen LogP contribution >= 0.6 is 11.6 Å². The molecule has 0 saturated heterocycles. The zero-order chi connectivity index (χ0) is 15.0. The molecule has 0 amide bonds. The maximum absolute atomic E-state index is 12.3. The van der Waals surface area contributed by atoms with Crippen molar-refractivity contribution in [3.05, 3.63) is 29.3 Å². The minimum Gasteiger partial charge on any atom is -0.382 e. The van der Waals surface area contributed by atoms with Gasteiger partial charge in [0, 0.05) is 24.8 Å². The third-order valence-electron chi connectivity index (χ3n) is 2.95. The number of hydrogen-bond donors (Lipinski definition) is 1. The Kier molecular flexibility index (Phi) is 7.51. The topological polar surface area (TPSA) is 55.4 Å². The summed E-state index contributed by atoms with van der Waals surface area (Å²) in [6, 6.07) is 6.28. The van der Waals surface area contributed by atoms with Crippen molar-refractivity contribution in [1.82, 2.24) is 5.32 Å². The van der Waals surface area contributed by atoms with Gasteiger partial charge in [0.05, 0.1) is 10.1 Å². The van der Waals surface area contributed by atoms with Crippen molar-refractivity contribution in [2.75, 3.05) is 26.3 Å². The Hall–Kier alpha value is -0.620. The van der Waals surface area contributed by atoms with Crippen molar-refractivity contribution in [1.29, 1.82) is 0 Å². The van der Waals surface area contributed by atoms with E-state index in [-0.39, 0.29) is 0 Å². The van der Waals surface area contributed by atoms with Gasteiger partial charge in [0.25, 0.3) is 0 Å². The van der Waals surface area contributed by atoms with Gasteiger partial charge < -0.3 is 10.1 Å². The fourth-order valence-corrected chi connectivity index (χ4v) is 3.16. The lowest BCUT2D eigenvalue weighted by molar-refractivity contribution is 0.145. The molecule has 114 valence electrons. The average molecular weight is 320 g/mol. The molecule has 4 nitrogen and oxygen atoms in total. The molecule has 6 heteroatoms. The van der Waals surface area contributed by atoms with E-state index in [0.717, 1.165) is 13.0 Å². The molecule has 0 aliphatic carbocycles. The SMILES string of the molecule is CCOCCCNCC(C)S(=O)(=O)c1ccc(Cl)cc1. The summed E-state index contributed by atoms with van der Waals surface area (Å²) in [6.07, 6.45) is 0.877. The van der Waals surface area contributed by atoms with Gasteiger partial charge in [-0.3, -0.25) is 0 Å². The molecule has 1 aromatic carbocycles. The van der Waals surface area contributed by atoms with Crippen molar-refractivity contribution in [3.8, 4) is 0 Å². The van der Waals surface area contributed by atoms with Crippen LogP contribution < -0.4 is 5.32 Å². The number of benzene rings is 1. The predicted octanol–water partition coefficient (Wildman–Crippen LogP) is 2.52. The lowest BCUT2D eigenvalue weighted by Gasteiger charge is -2.14. The van der Waals surface area contributed by atoms with Crippen LogP contribution in [-0.2, 0) is 14.6 Å². The summed E-state index contributed by atoms with van der Waals surface area (Å²) in [4.78, 5) is 0.311. The molecule has 1 N–H and O–H groups in total. The summed E-state index contributed by atoms with van der Waals surface area (Å²) in [7, 11) is -3.31. The first-order valence-corrected chi connectivity index (χ1v) is 8.68. The van der Waals surface area contributed by atoms with Gasteiger partial charge >= 0.3 is 0 Å². The first-order chi connectivity index (χ1) is 9.48. The summed E-state index contributed by atoms with van der Waals surface area (Å²) >= 11 is 5.77. The maximum Gasteiger partial charge on any atom is 0.182 e. The van der Waals surface area contributed by atoms with Crippen LogP contribution in [0.4, 0.5) is 0 Å². The molecule has 1 unspecified atom stereocenters. The monoisotopic (exact) mass is 319 g/mol. The lowest BCUT2D eigenvalue weighted by Crippen LogP contribution is -2.32. The Morgan fingerprint density at radius 1 is 1.30 bits per heavy atom. The van der Waals surface area contributed by atoms with Crippen molar-refractivity contribution >= 4 is 21.4 Å². The summed E-state index contributed by atoms with van der Waals surface area (Å²) in [5.41, 5.74) is 0. The number of sulfone groups is 1. The summed E-state index contributed by atoms with van der Waals surface area (Å²) in [6.45, 7) is 6.24. The van der Waals surface area contributed by atoms with E-state index in [1.807, 2.05) is 6.92 Å². The van der Waals surface area contributed by atoms with Gasteiger partial charge in [0.1, 0.15) is 0 Å². The second-order valence-electron chi connectivity index (χ2n) is 4.56. The standard InChI is InChI=1S/C14H22ClNO3S/c1-3-19-10-4-9-16-11-12(2)20(17,18)14-7-5-13(15)6-8-14/h5-8,12,16H,3-4,9-11H2,1-2H3. The Morgan fingerprint density at radius 2 is 1.95 bits per heavy atom. The second kappa shape index (κ2) is 8.62. The van der Waals surface area contributed by atoms with Crippen molar-refractivity contribution < 1.29 is 13.2 Å². The average Bonchev–Trinajstić information content (AvgIpc) is 2.43. The van der Waals surface area contributed by atoms with Gasteiger partial charge in [-0.2, -0.15) is 0 Å². The maximum atomic E-state index is 12.3. The van der Waals surface area contributed by atoms with E-state index in [9.17, 15) is 8.42 Å². The number of rotatable bonds is 9. The molecule has 0 heterocycles. The highest BCUT2D eigenvalue weighted by atomic mass is 35.5.